The number of carbonyl (C=O) groups excluding carboxylic acids is 3. The van der Waals surface area contributed by atoms with Crippen molar-refractivity contribution in [2.45, 2.75) is 152 Å². The molecular formula is C63H93Cl3N12O6. The van der Waals surface area contributed by atoms with Crippen molar-refractivity contribution in [2.75, 3.05) is 52.4 Å². The average molecular weight is 1220 g/mol. The number of piperidine rings is 3. The Hall–Kier alpha value is -5.37. The molecule has 3 aliphatic heterocycles. The highest BCUT2D eigenvalue weighted by atomic mass is 35.5. The number of urea groups is 3. The lowest BCUT2D eigenvalue weighted by Gasteiger charge is -2.43. The van der Waals surface area contributed by atoms with Gasteiger partial charge in [-0.25, -0.2) is 14.4 Å². The summed E-state index contributed by atoms with van der Waals surface area (Å²) in [6, 6.07) is 11.2. The number of nitrogens with zero attached hydrogens (tertiary/aromatic N) is 6. The molecule has 462 valence electrons. The van der Waals surface area contributed by atoms with Gasteiger partial charge in [0.05, 0.1) is 53.5 Å². The molecule has 0 radical (unpaired) electrons. The predicted molar refractivity (Wildman–Crippen MR) is 337 cm³/mol. The molecule has 0 spiro atoms. The molecule has 84 heavy (non-hydrogen) atoms. The first-order chi connectivity index (χ1) is 39.6. The predicted octanol–water partition coefficient (Wildman–Crippen LogP) is 13.2. The molecule has 6 amide bonds. The van der Waals surface area contributed by atoms with Gasteiger partial charge in [0.1, 0.15) is 0 Å². The number of aromatic nitrogens is 6. The summed E-state index contributed by atoms with van der Waals surface area (Å²) in [7, 11) is 0. The number of amides is 6. The zero-order chi connectivity index (χ0) is 61.4. The number of aromatic amines is 3. The molecule has 3 aromatic heterocycles. The van der Waals surface area contributed by atoms with Crippen LogP contribution in [0.2, 0.25) is 15.1 Å². The Balaban J connectivity index is 0.000000181. The summed E-state index contributed by atoms with van der Waals surface area (Å²) in [5.41, 5.74) is 3.75. The zero-order valence-corrected chi connectivity index (χ0v) is 53.7. The number of carbonyl (C=O) groups is 3. The average Bonchev–Trinajstić information content (AvgIpc) is 2.37. The van der Waals surface area contributed by atoms with E-state index >= 15 is 0 Å². The van der Waals surface area contributed by atoms with Gasteiger partial charge in [0.15, 0.2) is 0 Å². The molecule has 4 atom stereocenters. The highest BCUT2D eigenvalue weighted by Crippen LogP contribution is 2.49. The molecule has 9 rings (SSSR count). The van der Waals surface area contributed by atoms with Crippen molar-refractivity contribution >= 4 is 85.6 Å². The molecule has 3 saturated heterocycles. The minimum Gasteiger partial charge on any atom is -0.388 e. The van der Waals surface area contributed by atoms with Crippen LogP contribution in [0.25, 0.3) is 32.7 Å². The van der Waals surface area contributed by atoms with Gasteiger partial charge >= 0.3 is 18.1 Å². The van der Waals surface area contributed by atoms with Crippen LogP contribution in [0, 0.1) is 45.8 Å². The first-order valence-electron chi connectivity index (χ1n) is 30.2. The van der Waals surface area contributed by atoms with Gasteiger partial charge in [0, 0.05) is 106 Å². The molecule has 6 aromatic rings. The Morgan fingerprint density at radius 1 is 0.512 bits per heavy atom. The zero-order valence-electron chi connectivity index (χ0n) is 51.4. The van der Waals surface area contributed by atoms with Crippen molar-refractivity contribution in [2.24, 2.45) is 45.8 Å². The van der Waals surface area contributed by atoms with Crippen molar-refractivity contribution < 1.29 is 29.7 Å². The number of aliphatic hydroxyl groups excluding tert-OH is 3. The fourth-order valence-electron chi connectivity index (χ4n) is 12.4. The monoisotopic (exact) mass is 1220 g/mol. The minimum absolute atomic E-state index is 0.0134. The van der Waals surface area contributed by atoms with E-state index in [-0.39, 0.29) is 40.4 Å². The summed E-state index contributed by atoms with van der Waals surface area (Å²) in [5, 5.41) is 68.5. The third-order valence-corrected chi connectivity index (χ3v) is 19.1. The number of likely N-dealkylation sites (tertiary alicyclic amines) is 3. The van der Waals surface area contributed by atoms with Gasteiger partial charge in [-0.2, -0.15) is 15.3 Å². The van der Waals surface area contributed by atoms with E-state index in [2.05, 4.69) is 123 Å². The van der Waals surface area contributed by atoms with Crippen LogP contribution in [0.3, 0.4) is 0 Å². The molecular weight excluding hydrogens is 1130 g/mol. The van der Waals surface area contributed by atoms with Crippen LogP contribution < -0.4 is 16.0 Å². The Labute approximate surface area is 511 Å². The molecule has 18 nitrogen and oxygen atoms in total. The van der Waals surface area contributed by atoms with Gasteiger partial charge in [0.25, 0.3) is 0 Å². The van der Waals surface area contributed by atoms with Crippen LogP contribution in [-0.2, 0) is 0 Å². The van der Waals surface area contributed by atoms with Crippen molar-refractivity contribution in [3.8, 4) is 0 Å². The quantitative estimate of drug-likeness (QED) is 0.0474. The van der Waals surface area contributed by atoms with Gasteiger partial charge in [0.2, 0.25) is 0 Å². The molecule has 21 heteroatoms. The van der Waals surface area contributed by atoms with E-state index in [1.165, 1.54) is 0 Å². The second kappa shape index (κ2) is 28.4. The standard InChI is InChI=1S/3C21H31ClN4O2/c2*1-13(2)11-23-20(28)26-7-5-15(6-8-26)21(3,4)19(27)17-10-16(22)9-14-12-24-25-18(14)17;1-5-13(2)24-20(28)26-8-6-15(7-9-26)21(3,4)19(27)17-11-16(22)10-14-12-23-25-18(14)17/h2*9-10,12-13,15,19,27H,5-8,11H2,1-4H3,(H,23,28)(H,24,25);10-13,15,19,27H,5-9H2,1-4H3,(H,23,25)(H,24,28)/t2*19-;13-,19+/m110/s1. The van der Waals surface area contributed by atoms with Crippen LogP contribution in [0.15, 0.2) is 55.0 Å². The van der Waals surface area contributed by atoms with E-state index in [0.717, 1.165) is 94.3 Å². The van der Waals surface area contributed by atoms with Gasteiger partial charge in [-0.15, -0.1) is 0 Å². The van der Waals surface area contributed by atoms with Crippen molar-refractivity contribution in [1.29, 1.82) is 0 Å². The fourth-order valence-corrected chi connectivity index (χ4v) is 13.1. The normalized spacial score (nSPS) is 17.6. The Morgan fingerprint density at radius 2 is 0.786 bits per heavy atom. The van der Waals surface area contributed by atoms with Crippen molar-refractivity contribution in [3.63, 3.8) is 0 Å². The number of aliphatic hydroxyl groups is 3. The molecule has 0 unspecified atom stereocenters. The lowest BCUT2D eigenvalue weighted by molar-refractivity contribution is -0.0144. The molecule has 0 aliphatic carbocycles. The Kier molecular flexibility index (Phi) is 22.4. The molecule has 0 bridgehead atoms. The lowest BCUT2D eigenvalue weighted by atomic mass is 9.68. The van der Waals surface area contributed by atoms with Gasteiger partial charge < -0.3 is 46.0 Å². The topological polar surface area (TPSA) is 244 Å². The Bertz CT molecular complexity index is 2990. The van der Waals surface area contributed by atoms with Crippen LogP contribution in [-0.4, -0.2) is 137 Å². The van der Waals surface area contributed by atoms with E-state index < -0.39 is 18.3 Å². The third-order valence-electron chi connectivity index (χ3n) is 18.4. The van der Waals surface area contributed by atoms with Gasteiger partial charge in [-0.3, -0.25) is 15.3 Å². The SMILES string of the molecule is CC(C)CNC(=O)N1CCC(C(C)(C)[C@H](O)c2cc(Cl)cc3cn[nH]c23)CC1.CC(C)CNC(=O)N1CCC(C(C)(C)[C@H](O)c2cc(Cl)cc3cn[nH]c23)CC1.CC[C@H](C)NC(=O)N1CCC(C(C)(C)[C@H](O)c2cc(Cl)cc3cn[nH]c23)CC1. The molecule has 9 N–H and O–H groups in total. The molecule has 3 aliphatic rings. The van der Waals surface area contributed by atoms with Crippen molar-refractivity contribution in [3.05, 3.63) is 86.7 Å². The Morgan fingerprint density at radius 3 is 1.05 bits per heavy atom. The number of nitrogens with one attached hydrogen (secondary N) is 6. The number of hydrogen-bond acceptors (Lipinski definition) is 9. The molecule has 6 heterocycles. The van der Waals surface area contributed by atoms with E-state index in [0.29, 0.717) is 97.0 Å². The number of hydrogen-bond donors (Lipinski definition) is 9. The second-order valence-corrected chi connectivity index (χ2v) is 27.7. The van der Waals surface area contributed by atoms with Crippen molar-refractivity contribution in [1.82, 2.24) is 61.2 Å². The first-order valence-corrected chi connectivity index (χ1v) is 31.3. The summed E-state index contributed by atoms with van der Waals surface area (Å²) in [6.45, 7) is 30.6. The molecule has 0 saturated carbocycles. The minimum atomic E-state index is -0.681. The van der Waals surface area contributed by atoms with Gasteiger partial charge in [-0.1, -0.05) is 111 Å². The maximum absolute atomic E-state index is 12.4. The van der Waals surface area contributed by atoms with Crippen LogP contribution in [0.4, 0.5) is 14.4 Å². The first kappa shape index (κ1) is 66.2. The number of rotatable bonds is 15. The maximum Gasteiger partial charge on any atom is 0.317 e. The van der Waals surface area contributed by atoms with Gasteiger partial charge in [-0.05, 0) is 134 Å². The van der Waals surface area contributed by atoms with E-state index in [1.807, 2.05) is 58.0 Å². The second-order valence-electron chi connectivity index (χ2n) is 26.4. The summed E-state index contributed by atoms with van der Waals surface area (Å²) in [6.07, 6.45) is 9.24. The number of fused-ring (bicyclic) bond motifs is 3. The van der Waals surface area contributed by atoms with Crippen LogP contribution in [0.5, 0.6) is 0 Å². The van der Waals surface area contributed by atoms with E-state index in [9.17, 15) is 29.7 Å². The summed E-state index contributed by atoms with van der Waals surface area (Å²) >= 11 is 18.8. The fraction of sp³-hybridized carbons (Fsp3) is 0.619. The smallest absolute Gasteiger partial charge is 0.317 e. The van der Waals surface area contributed by atoms with E-state index in [1.54, 1.807) is 18.6 Å². The summed E-state index contributed by atoms with van der Waals surface area (Å²) in [5.74, 6) is 1.77. The summed E-state index contributed by atoms with van der Waals surface area (Å²) in [4.78, 5) is 42.6. The lowest BCUT2D eigenvalue weighted by Crippen LogP contribution is -2.49. The molecule has 3 aromatic carbocycles. The highest BCUT2D eigenvalue weighted by molar-refractivity contribution is 6.32. The van der Waals surface area contributed by atoms with Crippen LogP contribution >= 0.6 is 34.8 Å². The number of H-pyrrole nitrogens is 3. The highest BCUT2D eigenvalue weighted by Gasteiger charge is 2.43. The number of benzene rings is 3. The largest absolute Gasteiger partial charge is 0.388 e. The van der Waals surface area contributed by atoms with E-state index in [4.69, 9.17) is 34.8 Å². The molecule has 3 fully saturated rings. The van der Waals surface area contributed by atoms with Crippen LogP contribution in [0.1, 0.15) is 163 Å². The number of halogens is 3. The summed E-state index contributed by atoms with van der Waals surface area (Å²) < 4.78 is 0. The maximum atomic E-state index is 12.4. The third kappa shape index (κ3) is 15.8.